The molecule has 0 aliphatic rings. The summed E-state index contributed by atoms with van der Waals surface area (Å²) in [4.78, 5) is 0. The molecular weight excluding hydrogens is 262 g/mol. The predicted molar refractivity (Wildman–Crippen MR) is 75.5 cm³/mol. The Kier molecular flexibility index (Phi) is 5.33. The van der Waals surface area contributed by atoms with Crippen molar-refractivity contribution in [2.75, 3.05) is 18.8 Å². The van der Waals surface area contributed by atoms with E-state index in [0.29, 0.717) is 17.8 Å². The van der Waals surface area contributed by atoms with Gasteiger partial charge in [-0.1, -0.05) is 19.1 Å². The number of nitriles is 1. The second-order valence-corrected chi connectivity index (χ2v) is 6.45. The van der Waals surface area contributed by atoms with Crippen molar-refractivity contribution in [2.24, 2.45) is 5.92 Å². The van der Waals surface area contributed by atoms with Gasteiger partial charge in [0.15, 0.2) is 0 Å². The van der Waals surface area contributed by atoms with Gasteiger partial charge >= 0.3 is 0 Å². The minimum absolute atomic E-state index is 0.0702. The fraction of sp³-hybridized carbons (Fsp3) is 0.462. The summed E-state index contributed by atoms with van der Waals surface area (Å²) in [6, 6.07) is 8.82. The third-order valence-corrected chi connectivity index (χ3v) is 4.66. The monoisotopic (exact) mass is 281 g/mol. The third kappa shape index (κ3) is 4.54. The number of hydrogen-bond acceptors (Lipinski definition) is 4. The molecule has 0 radical (unpaired) electrons. The van der Waals surface area contributed by atoms with Crippen LogP contribution in [-0.2, 0) is 15.8 Å². The van der Waals surface area contributed by atoms with Crippen molar-refractivity contribution in [1.29, 1.82) is 5.26 Å². The number of anilines is 1. The predicted octanol–water partition coefficient (Wildman–Crippen LogP) is 1.58. The van der Waals surface area contributed by atoms with Crippen molar-refractivity contribution in [3.63, 3.8) is 0 Å². The van der Waals surface area contributed by atoms with Crippen LogP contribution in [0.25, 0.3) is 0 Å². The Morgan fingerprint density at radius 1 is 1.37 bits per heavy atom. The largest absolute Gasteiger partial charge is 0.399 e. The summed E-state index contributed by atoms with van der Waals surface area (Å²) in [5, 5.41) is 8.78. The molecular formula is C13H19N3O2S. The highest BCUT2D eigenvalue weighted by Gasteiger charge is 2.22. The zero-order valence-corrected chi connectivity index (χ0v) is 12.0. The molecule has 0 aliphatic carbocycles. The molecule has 104 valence electrons. The van der Waals surface area contributed by atoms with Crippen molar-refractivity contribution < 1.29 is 8.42 Å². The highest BCUT2D eigenvalue weighted by molar-refractivity contribution is 7.88. The van der Waals surface area contributed by atoms with E-state index in [1.54, 1.807) is 38.1 Å². The van der Waals surface area contributed by atoms with Crippen molar-refractivity contribution >= 4 is 15.7 Å². The molecule has 0 saturated carbocycles. The van der Waals surface area contributed by atoms with Crippen LogP contribution in [0.5, 0.6) is 0 Å². The molecule has 0 aliphatic heterocycles. The summed E-state index contributed by atoms with van der Waals surface area (Å²) in [7, 11) is -3.40. The Morgan fingerprint density at radius 3 is 2.42 bits per heavy atom. The van der Waals surface area contributed by atoms with Crippen LogP contribution in [-0.4, -0.2) is 25.8 Å². The smallest absolute Gasteiger partial charge is 0.218 e. The Hall–Kier alpha value is -1.58. The van der Waals surface area contributed by atoms with Gasteiger partial charge in [0.1, 0.15) is 0 Å². The molecule has 1 aromatic carbocycles. The molecule has 0 fully saturated rings. The van der Waals surface area contributed by atoms with E-state index >= 15 is 0 Å². The lowest BCUT2D eigenvalue weighted by Crippen LogP contribution is -2.35. The van der Waals surface area contributed by atoms with E-state index in [1.165, 1.54) is 4.31 Å². The average Bonchev–Trinajstić information content (AvgIpc) is 2.37. The van der Waals surface area contributed by atoms with Crippen LogP contribution in [0.15, 0.2) is 24.3 Å². The van der Waals surface area contributed by atoms with Crippen LogP contribution in [0.2, 0.25) is 0 Å². The zero-order valence-electron chi connectivity index (χ0n) is 11.2. The second kappa shape index (κ2) is 6.55. The lowest BCUT2D eigenvalue weighted by molar-refractivity contribution is 0.399. The molecule has 19 heavy (non-hydrogen) atoms. The van der Waals surface area contributed by atoms with Gasteiger partial charge in [0.2, 0.25) is 10.0 Å². The molecule has 1 atom stereocenters. The highest BCUT2D eigenvalue weighted by Crippen LogP contribution is 2.14. The van der Waals surface area contributed by atoms with Gasteiger partial charge in [-0.25, -0.2) is 12.7 Å². The van der Waals surface area contributed by atoms with Crippen LogP contribution in [0, 0.1) is 17.2 Å². The molecule has 0 spiro atoms. The topological polar surface area (TPSA) is 87.2 Å². The maximum absolute atomic E-state index is 12.3. The van der Waals surface area contributed by atoms with E-state index in [2.05, 4.69) is 6.07 Å². The van der Waals surface area contributed by atoms with E-state index in [0.717, 1.165) is 0 Å². The number of benzene rings is 1. The van der Waals surface area contributed by atoms with Crippen molar-refractivity contribution in [1.82, 2.24) is 4.31 Å². The summed E-state index contributed by atoms with van der Waals surface area (Å²) >= 11 is 0. The van der Waals surface area contributed by atoms with E-state index in [1.807, 2.05) is 0 Å². The van der Waals surface area contributed by atoms with Gasteiger partial charge in [-0.2, -0.15) is 5.26 Å². The van der Waals surface area contributed by atoms with Gasteiger partial charge < -0.3 is 5.73 Å². The molecule has 1 rings (SSSR count). The summed E-state index contributed by atoms with van der Waals surface area (Å²) in [5.74, 6) is -0.389. The molecule has 0 heterocycles. The van der Waals surface area contributed by atoms with Crippen LogP contribution in [0.3, 0.4) is 0 Å². The fourth-order valence-electron chi connectivity index (χ4n) is 1.70. The summed E-state index contributed by atoms with van der Waals surface area (Å²) in [6.07, 6.45) is 0. The van der Waals surface area contributed by atoms with Crippen molar-refractivity contribution in [3.05, 3.63) is 29.8 Å². The van der Waals surface area contributed by atoms with Crippen LogP contribution >= 0.6 is 0 Å². The summed E-state index contributed by atoms with van der Waals surface area (Å²) < 4.78 is 25.9. The highest BCUT2D eigenvalue weighted by atomic mass is 32.2. The van der Waals surface area contributed by atoms with E-state index in [4.69, 9.17) is 11.0 Å². The normalized spacial score (nSPS) is 13.2. The van der Waals surface area contributed by atoms with E-state index in [9.17, 15) is 8.42 Å². The zero-order chi connectivity index (χ0) is 14.5. The number of rotatable bonds is 6. The molecule has 0 bridgehead atoms. The molecule has 1 unspecified atom stereocenters. The van der Waals surface area contributed by atoms with Crippen molar-refractivity contribution in [2.45, 2.75) is 19.6 Å². The second-order valence-electron chi connectivity index (χ2n) is 4.48. The lowest BCUT2D eigenvalue weighted by atomic mass is 10.2. The Bertz CT molecular complexity index is 546. The van der Waals surface area contributed by atoms with Crippen LogP contribution in [0.1, 0.15) is 19.4 Å². The SMILES string of the molecule is CCN(CC(C)C#N)S(=O)(=O)Cc1ccc(N)cc1. The Balaban J connectivity index is 2.84. The average molecular weight is 281 g/mol. The molecule has 0 amide bonds. The standard InChI is InChI=1S/C13H19N3O2S/c1-3-16(9-11(2)8-14)19(17,18)10-12-4-6-13(15)7-5-12/h4-7,11H,3,9-10,15H2,1-2H3. The number of sulfonamides is 1. The van der Waals surface area contributed by atoms with Gasteiger partial charge in [-0.05, 0) is 24.6 Å². The molecule has 1 aromatic rings. The van der Waals surface area contributed by atoms with Gasteiger partial charge in [0, 0.05) is 18.8 Å². The number of nitrogen functional groups attached to an aromatic ring is 1. The fourth-order valence-corrected chi connectivity index (χ4v) is 3.34. The Morgan fingerprint density at radius 2 is 1.95 bits per heavy atom. The van der Waals surface area contributed by atoms with E-state index in [-0.39, 0.29) is 18.2 Å². The molecule has 0 saturated heterocycles. The molecule has 5 nitrogen and oxygen atoms in total. The molecule has 0 aromatic heterocycles. The minimum atomic E-state index is -3.40. The first-order valence-corrected chi connectivity index (χ1v) is 7.71. The Labute approximate surface area is 114 Å². The number of hydrogen-bond donors (Lipinski definition) is 1. The van der Waals surface area contributed by atoms with E-state index < -0.39 is 10.0 Å². The molecule has 6 heteroatoms. The van der Waals surface area contributed by atoms with Gasteiger partial charge in [-0.3, -0.25) is 0 Å². The summed E-state index contributed by atoms with van der Waals surface area (Å²) in [5.41, 5.74) is 6.86. The van der Waals surface area contributed by atoms with Gasteiger partial charge in [0.05, 0.1) is 17.7 Å². The van der Waals surface area contributed by atoms with Crippen LogP contribution in [0.4, 0.5) is 5.69 Å². The van der Waals surface area contributed by atoms with Crippen LogP contribution < -0.4 is 5.73 Å². The first kappa shape index (κ1) is 15.5. The summed E-state index contributed by atoms with van der Waals surface area (Å²) in [6.45, 7) is 4.07. The van der Waals surface area contributed by atoms with Gasteiger partial charge in [0.25, 0.3) is 0 Å². The quantitative estimate of drug-likeness (QED) is 0.802. The number of nitrogens with two attached hydrogens (primary N) is 1. The third-order valence-electron chi connectivity index (χ3n) is 2.77. The minimum Gasteiger partial charge on any atom is -0.399 e. The lowest BCUT2D eigenvalue weighted by Gasteiger charge is -2.21. The van der Waals surface area contributed by atoms with Crippen molar-refractivity contribution in [3.8, 4) is 6.07 Å². The first-order valence-electron chi connectivity index (χ1n) is 6.11. The first-order chi connectivity index (χ1) is 8.89. The maximum atomic E-state index is 12.3. The maximum Gasteiger partial charge on any atom is 0.218 e. The molecule has 2 N–H and O–H groups in total. The number of nitrogens with zero attached hydrogens (tertiary/aromatic N) is 2. The van der Waals surface area contributed by atoms with Gasteiger partial charge in [-0.15, -0.1) is 0 Å².